The van der Waals surface area contributed by atoms with E-state index in [0.29, 0.717) is 21.7 Å². The van der Waals surface area contributed by atoms with Crippen molar-refractivity contribution in [2.24, 2.45) is 5.92 Å². The minimum absolute atomic E-state index is 0.334. The molecule has 0 aliphatic carbocycles. The molecule has 1 heterocycles. The van der Waals surface area contributed by atoms with Crippen molar-refractivity contribution in [3.8, 4) is 11.8 Å². The molecular weight excluding hydrogens is 281 g/mol. The third-order valence-electron chi connectivity index (χ3n) is 2.67. The average molecular weight is 294 g/mol. The molecule has 0 N–H and O–H groups in total. The topological polar surface area (TPSA) is 41.6 Å². The first kappa shape index (κ1) is 13.9. The molecule has 5 heteroatoms. The van der Waals surface area contributed by atoms with E-state index in [1.54, 1.807) is 16.8 Å². The summed E-state index contributed by atoms with van der Waals surface area (Å²) in [5.74, 6) is 0.408. The van der Waals surface area contributed by atoms with Crippen molar-refractivity contribution in [1.82, 2.24) is 9.78 Å². The van der Waals surface area contributed by atoms with Crippen LogP contribution in [0.15, 0.2) is 24.3 Å². The van der Waals surface area contributed by atoms with E-state index in [1.807, 2.05) is 12.1 Å². The van der Waals surface area contributed by atoms with Gasteiger partial charge in [0.05, 0.1) is 11.4 Å². The highest BCUT2D eigenvalue weighted by Crippen LogP contribution is 2.25. The number of hydrogen-bond donors (Lipinski definition) is 0. The van der Waals surface area contributed by atoms with Gasteiger partial charge in [0.1, 0.15) is 11.6 Å². The molecule has 0 bridgehead atoms. The third kappa shape index (κ3) is 2.91. The first-order chi connectivity index (χ1) is 9.02. The Kier molecular flexibility index (Phi) is 4.14. The lowest BCUT2D eigenvalue weighted by Gasteiger charge is -2.03. The van der Waals surface area contributed by atoms with Crippen LogP contribution in [0, 0.1) is 17.2 Å². The van der Waals surface area contributed by atoms with Gasteiger partial charge in [-0.1, -0.05) is 43.1 Å². The number of halogens is 2. The van der Waals surface area contributed by atoms with Crippen LogP contribution in [-0.2, 0) is 6.42 Å². The fourth-order valence-electron chi connectivity index (χ4n) is 1.86. The van der Waals surface area contributed by atoms with Crippen LogP contribution < -0.4 is 0 Å². The van der Waals surface area contributed by atoms with E-state index in [-0.39, 0.29) is 0 Å². The number of nitrogens with zero attached hydrogens (tertiary/aromatic N) is 3. The fraction of sp³-hybridized carbons (Fsp3) is 0.286. The molecule has 0 unspecified atom stereocenters. The summed E-state index contributed by atoms with van der Waals surface area (Å²) in [4.78, 5) is 0. The van der Waals surface area contributed by atoms with Gasteiger partial charge in [0.15, 0.2) is 5.15 Å². The smallest absolute Gasteiger partial charge is 0.150 e. The van der Waals surface area contributed by atoms with Crippen molar-refractivity contribution in [3.05, 3.63) is 45.7 Å². The number of hydrogen-bond acceptors (Lipinski definition) is 2. The summed E-state index contributed by atoms with van der Waals surface area (Å²) in [6.07, 6.45) is 0.718. The summed E-state index contributed by atoms with van der Waals surface area (Å²) in [5, 5.41) is 14.6. The van der Waals surface area contributed by atoms with Gasteiger partial charge < -0.3 is 0 Å². The highest BCUT2D eigenvalue weighted by molar-refractivity contribution is 6.31. The molecule has 0 fully saturated rings. The van der Waals surface area contributed by atoms with E-state index in [4.69, 9.17) is 23.2 Å². The van der Waals surface area contributed by atoms with Gasteiger partial charge in [-0.05, 0) is 30.5 Å². The zero-order valence-corrected chi connectivity index (χ0v) is 12.2. The molecule has 2 aromatic rings. The van der Waals surface area contributed by atoms with Crippen molar-refractivity contribution in [1.29, 1.82) is 5.26 Å². The van der Waals surface area contributed by atoms with Crippen LogP contribution in [0.1, 0.15) is 25.1 Å². The van der Waals surface area contributed by atoms with Crippen molar-refractivity contribution in [2.45, 2.75) is 20.3 Å². The normalized spacial score (nSPS) is 10.7. The zero-order chi connectivity index (χ0) is 14.0. The Morgan fingerprint density at radius 3 is 2.68 bits per heavy atom. The first-order valence-corrected chi connectivity index (χ1v) is 6.72. The predicted octanol–water partition coefficient (Wildman–Crippen LogP) is 4.25. The van der Waals surface area contributed by atoms with Crippen molar-refractivity contribution in [2.75, 3.05) is 0 Å². The van der Waals surface area contributed by atoms with E-state index in [0.717, 1.165) is 17.8 Å². The molecule has 0 atom stereocenters. The minimum Gasteiger partial charge on any atom is -0.220 e. The molecule has 98 valence electrons. The molecular formula is C14H13Cl2N3. The molecule has 0 aliphatic rings. The Bertz CT molecular complexity index is 639. The second-order valence-electron chi connectivity index (χ2n) is 4.71. The van der Waals surface area contributed by atoms with Crippen molar-refractivity contribution >= 4 is 23.2 Å². The monoisotopic (exact) mass is 293 g/mol. The zero-order valence-electron chi connectivity index (χ0n) is 10.7. The summed E-state index contributed by atoms with van der Waals surface area (Å²) in [5.41, 5.74) is 1.92. The van der Waals surface area contributed by atoms with Gasteiger partial charge in [0, 0.05) is 5.02 Å². The van der Waals surface area contributed by atoms with Crippen LogP contribution >= 0.6 is 23.2 Å². The summed E-state index contributed by atoms with van der Waals surface area (Å²) < 4.78 is 1.56. The van der Waals surface area contributed by atoms with Crippen molar-refractivity contribution < 1.29 is 0 Å². The lowest BCUT2D eigenvalue weighted by molar-refractivity contribution is 0.627. The standard InChI is InChI=1S/C14H13Cl2N3/c1-9(2)6-13-12(8-17)14(16)19(18-13)11-5-3-4-10(15)7-11/h3-5,7,9H,6H2,1-2H3. The summed E-state index contributed by atoms with van der Waals surface area (Å²) in [6.45, 7) is 4.15. The fourth-order valence-corrected chi connectivity index (χ4v) is 2.33. The van der Waals surface area contributed by atoms with Crippen LogP contribution in [0.25, 0.3) is 5.69 Å². The van der Waals surface area contributed by atoms with Gasteiger partial charge in [0.25, 0.3) is 0 Å². The van der Waals surface area contributed by atoms with Crippen LogP contribution in [0.4, 0.5) is 0 Å². The van der Waals surface area contributed by atoms with Crippen molar-refractivity contribution in [3.63, 3.8) is 0 Å². The van der Waals surface area contributed by atoms with Gasteiger partial charge in [-0.2, -0.15) is 10.4 Å². The molecule has 1 aromatic carbocycles. The summed E-state index contributed by atoms with van der Waals surface area (Å²) in [6, 6.07) is 9.35. The summed E-state index contributed by atoms with van der Waals surface area (Å²) in [7, 11) is 0. The predicted molar refractivity (Wildman–Crippen MR) is 76.8 cm³/mol. The molecule has 0 aliphatic heterocycles. The van der Waals surface area contributed by atoms with Crippen LogP contribution in [-0.4, -0.2) is 9.78 Å². The molecule has 0 spiro atoms. The van der Waals surface area contributed by atoms with Gasteiger partial charge >= 0.3 is 0 Å². The highest BCUT2D eigenvalue weighted by Gasteiger charge is 2.18. The molecule has 0 radical (unpaired) electrons. The molecule has 0 amide bonds. The number of aromatic nitrogens is 2. The lowest BCUT2D eigenvalue weighted by atomic mass is 10.1. The number of rotatable bonds is 3. The largest absolute Gasteiger partial charge is 0.220 e. The maximum Gasteiger partial charge on any atom is 0.150 e. The van der Waals surface area contributed by atoms with E-state index in [9.17, 15) is 5.26 Å². The Morgan fingerprint density at radius 2 is 2.11 bits per heavy atom. The Labute approximate surface area is 122 Å². The summed E-state index contributed by atoms with van der Waals surface area (Å²) >= 11 is 12.2. The quantitative estimate of drug-likeness (QED) is 0.849. The number of benzene rings is 1. The van der Waals surface area contributed by atoms with Crippen LogP contribution in [0.2, 0.25) is 10.2 Å². The van der Waals surface area contributed by atoms with E-state index in [2.05, 4.69) is 25.0 Å². The second-order valence-corrected chi connectivity index (χ2v) is 5.51. The molecule has 0 saturated heterocycles. The Morgan fingerprint density at radius 1 is 1.37 bits per heavy atom. The van der Waals surface area contributed by atoms with Gasteiger partial charge in [-0.15, -0.1) is 0 Å². The van der Waals surface area contributed by atoms with E-state index < -0.39 is 0 Å². The van der Waals surface area contributed by atoms with Crippen LogP contribution in [0.3, 0.4) is 0 Å². The maximum absolute atomic E-state index is 9.21. The van der Waals surface area contributed by atoms with Crippen LogP contribution in [0.5, 0.6) is 0 Å². The first-order valence-electron chi connectivity index (χ1n) is 5.96. The average Bonchev–Trinajstić information content (AvgIpc) is 2.65. The maximum atomic E-state index is 9.21. The van der Waals surface area contributed by atoms with Gasteiger partial charge in [-0.25, -0.2) is 4.68 Å². The molecule has 0 saturated carbocycles. The Hall–Kier alpha value is -1.50. The second kappa shape index (κ2) is 5.64. The van der Waals surface area contributed by atoms with Gasteiger partial charge in [-0.3, -0.25) is 0 Å². The lowest BCUT2D eigenvalue weighted by Crippen LogP contribution is -2.00. The minimum atomic E-state index is 0.334. The molecule has 2 rings (SSSR count). The van der Waals surface area contributed by atoms with E-state index >= 15 is 0 Å². The number of nitriles is 1. The SMILES string of the molecule is CC(C)Cc1nn(-c2cccc(Cl)c2)c(Cl)c1C#N. The molecule has 3 nitrogen and oxygen atoms in total. The highest BCUT2D eigenvalue weighted by atomic mass is 35.5. The Balaban J connectivity index is 2.54. The molecule has 1 aromatic heterocycles. The molecule has 19 heavy (non-hydrogen) atoms. The van der Waals surface area contributed by atoms with Gasteiger partial charge in [0.2, 0.25) is 0 Å². The van der Waals surface area contributed by atoms with E-state index in [1.165, 1.54) is 0 Å². The third-order valence-corrected chi connectivity index (χ3v) is 3.25.